The summed E-state index contributed by atoms with van der Waals surface area (Å²) < 4.78 is 5.62. The van der Waals surface area contributed by atoms with E-state index >= 15 is 0 Å². The molecule has 0 aliphatic heterocycles. The summed E-state index contributed by atoms with van der Waals surface area (Å²) in [6, 6.07) is 9.73. The third-order valence-corrected chi connectivity index (χ3v) is 2.76. The van der Waals surface area contributed by atoms with Crippen molar-refractivity contribution in [3.8, 4) is 23.8 Å². The molecule has 0 amide bonds. The fourth-order valence-electron chi connectivity index (χ4n) is 1.72. The Kier molecular flexibility index (Phi) is 3.81. The quantitative estimate of drug-likeness (QED) is 0.837. The number of nitrogens with zero attached hydrogens (tertiary/aromatic N) is 1. The van der Waals surface area contributed by atoms with Gasteiger partial charge in [-0.3, -0.25) is 0 Å². The van der Waals surface area contributed by atoms with E-state index in [-0.39, 0.29) is 0 Å². The number of hydrogen-bond acceptors (Lipinski definition) is 3. The van der Waals surface area contributed by atoms with E-state index in [1.54, 1.807) is 0 Å². The van der Waals surface area contributed by atoms with E-state index in [9.17, 15) is 5.11 Å². The summed E-state index contributed by atoms with van der Waals surface area (Å²) in [7, 11) is 0. The van der Waals surface area contributed by atoms with Gasteiger partial charge in [-0.25, -0.2) is 4.98 Å². The number of terminal acetylenes is 1. The van der Waals surface area contributed by atoms with Crippen LogP contribution >= 0.6 is 0 Å². The molecule has 92 valence electrons. The van der Waals surface area contributed by atoms with E-state index in [0.29, 0.717) is 18.7 Å². The fraction of sp³-hybridized carbons (Fsp3) is 0.267. The Labute approximate surface area is 106 Å². The highest BCUT2D eigenvalue weighted by atomic mass is 16.4. The Hall–Kier alpha value is -2.05. The van der Waals surface area contributed by atoms with Crippen molar-refractivity contribution >= 4 is 0 Å². The molecular weight excluding hydrogens is 226 g/mol. The van der Waals surface area contributed by atoms with Crippen LogP contribution in [0.15, 0.2) is 34.7 Å². The van der Waals surface area contributed by atoms with Crippen LogP contribution in [0, 0.1) is 19.3 Å². The maximum Gasteiger partial charge on any atom is 0.226 e. The first-order valence-corrected chi connectivity index (χ1v) is 5.86. The van der Waals surface area contributed by atoms with Crippen LogP contribution in [-0.4, -0.2) is 16.2 Å². The van der Waals surface area contributed by atoms with Crippen molar-refractivity contribution in [2.75, 3.05) is 0 Å². The number of aryl methyl sites for hydroxylation is 2. The van der Waals surface area contributed by atoms with Crippen LogP contribution in [0.4, 0.5) is 0 Å². The molecule has 0 bridgehead atoms. The number of aliphatic hydroxyl groups is 1. The van der Waals surface area contributed by atoms with E-state index < -0.39 is 6.10 Å². The maximum atomic E-state index is 9.34. The Balaban J connectivity index is 2.15. The maximum absolute atomic E-state index is 9.34. The minimum absolute atomic E-state index is 0.498. The molecule has 3 nitrogen and oxygen atoms in total. The lowest BCUT2D eigenvalue weighted by Gasteiger charge is -2.00. The summed E-state index contributed by atoms with van der Waals surface area (Å²) in [6.45, 7) is 1.87. The Bertz CT molecular complexity index is 552. The molecular formula is C15H15NO2. The lowest BCUT2D eigenvalue weighted by molar-refractivity contribution is 0.222. The summed E-state index contributed by atoms with van der Waals surface area (Å²) in [4.78, 5) is 4.44. The van der Waals surface area contributed by atoms with Crippen molar-refractivity contribution in [1.29, 1.82) is 0 Å². The number of rotatable bonds is 4. The van der Waals surface area contributed by atoms with Crippen LogP contribution in [0.2, 0.25) is 0 Å². The van der Waals surface area contributed by atoms with Gasteiger partial charge in [0.15, 0.2) is 0 Å². The molecule has 2 rings (SSSR count). The molecule has 0 saturated heterocycles. The SMILES string of the molecule is C#CC(O)CCc1nc(-c2ccccc2)oc1C. The smallest absolute Gasteiger partial charge is 0.226 e. The lowest BCUT2D eigenvalue weighted by atomic mass is 10.1. The van der Waals surface area contributed by atoms with Crippen LogP contribution in [0.1, 0.15) is 17.9 Å². The van der Waals surface area contributed by atoms with Gasteiger partial charge in [0, 0.05) is 5.56 Å². The Morgan fingerprint density at radius 3 is 2.78 bits per heavy atom. The molecule has 1 atom stereocenters. The predicted molar refractivity (Wildman–Crippen MR) is 69.8 cm³/mol. The first kappa shape index (κ1) is 12.4. The van der Waals surface area contributed by atoms with Gasteiger partial charge in [0.2, 0.25) is 5.89 Å². The first-order valence-electron chi connectivity index (χ1n) is 5.86. The van der Waals surface area contributed by atoms with Gasteiger partial charge in [0.1, 0.15) is 11.9 Å². The minimum atomic E-state index is -0.721. The zero-order valence-electron chi connectivity index (χ0n) is 10.3. The second-order valence-electron chi connectivity index (χ2n) is 4.11. The molecule has 0 saturated carbocycles. The average Bonchev–Trinajstić information content (AvgIpc) is 2.78. The molecule has 0 fully saturated rings. The molecule has 0 aliphatic carbocycles. The normalized spacial score (nSPS) is 12.1. The molecule has 1 heterocycles. The van der Waals surface area contributed by atoms with Gasteiger partial charge in [-0.2, -0.15) is 0 Å². The van der Waals surface area contributed by atoms with Crippen molar-refractivity contribution in [3.63, 3.8) is 0 Å². The second kappa shape index (κ2) is 5.52. The molecule has 1 aromatic heterocycles. The van der Waals surface area contributed by atoms with Crippen LogP contribution < -0.4 is 0 Å². The van der Waals surface area contributed by atoms with Crippen molar-refractivity contribution in [3.05, 3.63) is 41.8 Å². The van der Waals surface area contributed by atoms with E-state index in [4.69, 9.17) is 10.8 Å². The highest BCUT2D eigenvalue weighted by molar-refractivity contribution is 5.53. The number of hydrogen-bond donors (Lipinski definition) is 1. The predicted octanol–water partition coefficient (Wildman–Crippen LogP) is 2.58. The van der Waals surface area contributed by atoms with Gasteiger partial charge >= 0.3 is 0 Å². The molecule has 0 radical (unpaired) electrons. The largest absolute Gasteiger partial charge is 0.441 e. The fourth-order valence-corrected chi connectivity index (χ4v) is 1.72. The third kappa shape index (κ3) is 2.79. The van der Waals surface area contributed by atoms with E-state index in [1.807, 2.05) is 37.3 Å². The third-order valence-electron chi connectivity index (χ3n) is 2.76. The van der Waals surface area contributed by atoms with Crippen LogP contribution in [0.5, 0.6) is 0 Å². The van der Waals surface area contributed by atoms with Crippen molar-refractivity contribution in [2.24, 2.45) is 0 Å². The Morgan fingerprint density at radius 2 is 2.11 bits per heavy atom. The van der Waals surface area contributed by atoms with Gasteiger partial charge in [-0.05, 0) is 31.9 Å². The molecule has 1 unspecified atom stereocenters. The number of benzene rings is 1. The molecule has 0 aliphatic rings. The van der Waals surface area contributed by atoms with Crippen LogP contribution in [0.3, 0.4) is 0 Å². The zero-order chi connectivity index (χ0) is 13.0. The topological polar surface area (TPSA) is 46.3 Å². The standard InChI is InChI=1S/C15H15NO2/c1-3-13(17)9-10-14-11(2)18-15(16-14)12-7-5-4-6-8-12/h1,4-8,13,17H,9-10H2,2H3. The summed E-state index contributed by atoms with van der Waals surface area (Å²) in [5, 5.41) is 9.34. The average molecular weight is 241 g/mol. The Morgan fingerprint density at radius 1 is 1.39 bits per heavy atom. The van der Waals surface area contributed by atoms with Gasteiger partial charge < -0.3 is 9.52 Å². The summed E-state index contributed by atoms with van der Waals surface area (Å²) in [5.74, 6) is 3.68. The van der Waals surface area contributed by atoms with Crippen LogP contribution in [-0.2, 0) is 6.42 Å². The second-order valence-corrected chi connectivity index (χ2v) is 4.11. The number of aliphatic hydroxyl groups excluding tert-OH is 1. The van der Waals surface area contributed by atoms with Gasteiger partial charge in [-0.1, -0.05) is 24.1 Å². The van der Waals surface area contributed by atoms with Crippen molar-refractivity contribution in [1.82, 2.24) is 4.98 Å². The molecule has 1 N–H and O–H groups in total. The van der Waals surface area contributed by atoms with Gasteiger partial charge in [0.05, 0.1) is 5.69 Å². The molecule has 0 spiro atoms. The highest BCUT2D eigenvalue weighted by Crippen LogP contribution is 2.22. The zero-order valence-corrected chi connectivity index (χ0v) is 10.3. The monoisotopic (exact) mass is 241 g/mol. The highest BCUT2D eigenvalue weighted by Gasteiger charge is 2.12. The van der Waals surface area contributed by atoms with E-state index in [0.717, 1.165) is 17.0 Å². The van der Waals surface area contributed by atoms with Crippen molar-refractivity contribution in [2.45, 2.75) is 25.9 Å². The number of aromatic nitrogens is 1. The molecule has 2 aromatic rings. The molecule has 3 heteroatoms. The van der Waals surface area contributed by atoms with E-state index in [1.165, 1.54) is 0 Å². The van der Waals surface area contributed by atoms with Crippen molar-refractivity contribution < 1.29 is 9.52 Å². The lowest BCUT2D eigenvalue weighted by Crippen LogP contribution is -2.04. The summed E-state index contributed by atoms with van der Waals surface area (Å²) >= 11 is 0. The molecule has 1 aromatic carbocycles. The minimum Gasteiger partial charge on any atom is -0.441 e. The summed E-state index contributed by atoms with van der Waals surface area (Å²) in [5.41, 5.74) is 1.80. The van der Waals surface area contributed by atoms with E-state index in [2.05, 4.69) is 10.9 Å². The number of oxazole rings is 1. The van der Waals surface area contributed by atoms with Gasteiger partial charge in [-0.15, -0.1) is 6.42 Å². The summed E-state index contributed by atoms with van der Waals surface area (Å²) in [6.07, 6.45) is 5.52. The van der Waals surface area contributed by atoms with Crippen LogP contribution in [0.25, 0.3) is 11.5 Å². The van der Waals surface area contributed by atoms with Gasteiger partial charge in [0.25, 0.3) is 0 Å². The molecule has 18 heavy (non-hydrogen) atoms. The first-order chi connectivity index (χ1) is 8.70.